The fourth-order valence-corrected chi connectivity index (χ4v) is 4.42. The number of anilines is 1. The predicted octanol–water partition coefficient (Wildman–Crippen LogP) is 4.35. The van der Waals surface area contributed by atoms with Gasteiger partial charge in [0.15, 0.2) is 11.6 Å². The van der Waals surface area contributed by atoms with Gasteiger partial charge in [-0.1, -0.05) is 12.1 Å². The van der Waals surface area contributed by atoms with Crippen LogP contribution in [0.3, 0.4) is 0 Å². The summed E-state index contributed by atoms with van der Waals surface area (Å²) in [6, 6.07) is 11.5. The van der Waals surface area contributed by atoms with Gasteiger partial charge >= 0.3 is 0 Å². The number of hydrogen-bond acceptors (Lipinski definition) is 4. The zero-order chi connectivity index (χ0) is 18.1. The largest absolute Gasteiger partial charge is 0.325 e. The number of hydrogen-bond donors (Lipinski definition) is 1. The van der Waals surface area contributed by atoms with E-state index in [0.29, 0.717) is 0 Å². The van der Waals surface area contributed by atoms with Crippen molar-refractivity contribution in [2.45, 2.75) is 18.9 Å². The van der Waals surface area contributed by atoms with Crippen LogP contribution in [0.1, 0.15) is 23.9 Å². The number of thiazole rings is 1. The third kappa shape index (κ3) is 3.45. The van der Waals surface area contributed by atoms with Crippen molar-refractivity contribution in [3.8, 4) is 0 Å². The molecule has 0 radical (unpaired) electrons. The highest BCUT2D eigenvalue weighted by atomic mass is 32.1. The van der Waals surface area contributed by atoms with Gasteiger partial charge in [0.2, 0.25) is 5.91 Å². The molecule has 7 heteroatoms. The van der Waals surface area contributed by atoms with Crippen molar-refractivity contribution in [3.63, 3.8) is 0 Å². The molecule has 3 aromatic rings. The van der Waals surface area contributed by atoms with Gasteiger partial charge in [-0.15, -0.1) is 11.3 Å². The molecule has 0 aliphatic carbocycles. The van der Waals surface area contributed by atoms with Crippen LogP contribution in [-0.4, -0.2) is 28.9 Å². The van der Waals surface area contributed by atoms with Crippen molar-refractivity contribution in [1.29, 1.82) is 0 Å². The van der Waals surface area contributed by atoms with E-state index < -0.39 is 11.6 Å². The number of nitrogens with one attached hydrogen (secondary N) is 1. The maximum atomic E-state index is 13.3. The second kappa shape index (κ2) is 7.09. The van der Waals surface area contributed by atoms with Crippen molar-refractivity contribution in [1.82, 2.24) is 9.88 Å². The Labute approximate surface area is 153 Å². The number of carbonyl (C=O) groups excluding carboxylic acids is 1. The lowest BCUT2D eigenvalue weighted by atomic mass is 10.2. The van der Waals surface area contributed by atoms with E-state index in [9.17, 15) is 13.6 Å². The molecule has 2 heterocycles. The lowest BCUT2D eigenvalue weighted by Crippen LogP contribution is -2.32. The minimum Gasteiger partial charge on any atom is -0.325 e. The Bertz CT molecular complexity index is 926. The summed E-state index contributed by atoms with van der Waals surface area (Å²) in [5, 5.41) is 3.65. The molecule has 26 heavy (non-hydrogen) atoms. The van der Waals surface area contributed by atoms with Gasteiger partial charge < -0.3 is 5.32 Å². The van der Waals surface area contributed by atoms with Gasteiger partial charge in [0.05, 0.1) is 22.8 Å². The first-order chi connectivity index (χ1) is 12.6. The van der Waals surface area contributed by atoms with Gasteiger partial charge in [-0.2, -0.15) is 0 Å². The quantitative estimate of drug-likeness (QED) is 0.740. The van der Waals surface area contributed by atoms with Gasteiger partial charge in [0.25, 0.3) is 0 Å². The Kier molecular flexibility index (Phi) is 4.65. The molecule has 1 aliphatic rings. The van der Waals surface area contributed by atoms with E-state index in [4.69, 9.17) is 4.98 Å². The molecule has 2 aromatic carbocycles. The summed E-state index contributed by atoms with van der Waals surface area (Å²) in [6.07, 6.45) is 1.96. The second-order valence-electron chi connectivity index (χ2n) is 6.33. The van der Waals surface area contributed by atoms with Crippen LogP contribution in [0.2, 0.25) is 0 Å². The summed E-state index contributed by atoms with van der Waals surface area (Å²) in [6.45, 7) is 1.01. The molecule has 1 aromatic heterocycles. The SMILES string of the molecule is O=C(CN1CCC[C@H]1c1nc2ccccc2s1)Nc1ccc(F)c(F)c1. The molecule has 1 atom stereocenters. The Morgan fingerprint density at radius 3 is 2.88 bits per heavy atom. The van der Waals surface area contributed by atoms with E-state index in [-0.39, 0.29) is 24.2 Å². The summed E-state index contributed by atoms with van der Waals surface area (Å²) >= 11 is 1.66. The van der Waals surface area contributed by atoms with Crippen molar-refractivity contribution in [2.75, 3.05) is 18.4 Å². The number of nitrogens with zero attached hydrogens (tertiary/aromatic N) is 2. The Balaban J connectivity index is 1.46. The molecule has 4 nitrogen and oxygen atoms in total. The molecule has 0 saturated carbocycles. The van der Waals surface area contributed by atoms with E-state index in [1.54, 1.807) is 11.3 Å². The van der Waals surface area contributed by atoms with Gasteiger partial charge in [-0.3, -0.25) is 9.69 Å². The summed E-state index contributed by atoms with van der Waals surface area (Å²) in [4.78, 5) is 19.1. The first-order valence-electron chi connectivity index (χ1n) is 8.44. The monoisotopic (exact) mass is 373 g/mol. The van der Waals surface area contributed by atoms with E-state index in [1.165, 1.54) is 6.07 Å². The molecule has 1 amide bonds. The number of likely N-dealkylation sites (tertiary alicyclic amines) is 1. The van der Waals surface area contributed by atoms with Crippen molar-refractivity contribution < 1.29 is 13.6 Å². The maximum absolute atomic E-state index is 13.3. The molecule has 1 fully saturated rings. The Morgan fingerprint density at radius 2 is 2.08 bits per heavy atom. The average molecular weight is 373 g/mol. The minimum absolute atomic E-state index is 0.114. The summed E-state index contributed by atoms with van der Waals surface area (Å²) in [5.41, 5.74) is 1.23. The minimum atomic E-state index is -0.976. The number of para-hydroxylation sites is 1. The number of carbonyl (C=O) groups is 1. The standard InChI is InChI=1S/C19H17F2N3OS/c20-13-8-7-12(10-14(13)21)22-18(25)11-24-9-3-5-16(24)19-23-15-4-1-2-6-17(15)26-19/h1-2,4,6-8,10,16H,3,5,9,11H2,(H,22,25)/t16-/m0/s1. The highest BCUT2D eigenvalue weighted by molar-refractivity contribution is 7.18. The fourth-order valence-electron chi connectivity index (χ4n) is 3.29. The molecular weight excluding hydrogens is 356 g/mol. The highest BCUT2D eigenvalue weighted by Gasteiger charge is 2.30. The topological polar surface area (TPSA) is 45.2 Å². The molecular formula is C19H17F2N3OS. The van der Waals surface area contributed by atoms with Crippen LogP contribution < -0.4 is 5.32 Å². The number of rotatable bonds is 4. The van der Waals surface area contributed by atoms with Crippen LogP contribution in [0.5, 0.6) is 0 Å². The number of benzene rings is 2. The van der Waals surface area contributed by atoms with Crippen molar-refractivity contribution >= 4 is 33.1 Å². The van der Waals surface area contributed by atoms with Crippen LogP contribution in [0.4, 0.5) is 14.5 Å². The molecule has 0 unspecified atom stereocenters. The van der Waals surface area contributed by atoms with Crippen LogP contribution in [0, 0.1) is 11.6 Å². The van der Waals surface area contributed by atoms with Gasteiger partial charge in [0.1, 0.15) is 5.01 Å². The Morgan fingerprint density at radius 1 is 1.23 bits per heavy atom. The Hall–Kier alpha value is -2.38. The summed E-state index contributed by atoms with van der Waals surface area (Å²) in [5.74, 6) is -2.15. The van der Waals surface area contributed by atoms with Crippen molar-refractivity contribution in [3.05, 3.63) is 59.1 Å². The van der Waals surface area contributed by atoms with Gasteiger partial charge in [0, 0.05) is 11.8 Å². The molecule has 0 bridgehead atoms. The summed E-state index contributed by atoms with van der Waals surface area (Å²) in [7, 11) is 0. The molecule has 1 N–H and O–H groups in total. The van der Waals surface area contributed by atoms with Crippen LogP contribution in [0.15, 0.2) is 42.5 Å². The number of halogens is 2. The molecule has 134 valence electrons. The number of amides is 1. The third-order valence-corrected chi connectivity index (χ3v) is 5.65. The first kappa shape index (κ1) is 17.1. The van der Waals surface area contributed by atoms with E-state index in [1.807, 2.05) is 24.3 Å². The van der Waals surface area contributed by atoms with Gasteiger partial charge in [-0.05, 0) is 43.7 Å². The summed E-state index contributed by atoms with van der Waals surface area (Å²) < 4.78 is 27.4. The zero-order valence-corrected chi connectivity index (χ0v) is 14.7. The van der Waals surface area contributed by atoms with E-state index >= 15 is 0 Å². The molecule has 0 spiro atoms. The molecule has 1 aliphatic heterocycles. The normalized spacial score (nSPS) is 17.7. The van der Waals surface area contributed by atoms with Crippen LogP contribution in [0.25, 0.3) is 10.2 Å². The lowest BCUT2D eigenvalue weighted by molar-refractivity contribution is -0.117. The average Bonchev–Trinajstić information content (AvgIpc) is 3.24. The number of aromatic nitrogens is 1. The van der Waals surface area contributed by atoms with Crippen LogP contribution in [-0.2, 0) is 4.79 Å². The van der Waals surface area contributed by atoms with Crippen molar-refractivity contribution in [2.24, 2.45) is 0 Å². The first-order valence-corrected chi connectivity index (χ1v) is 9.26. The zero-order valence-electron chi connectivity index (χ0n) is 13.9. The van der Waals surface area contributed by atoms with E-state index in [0.717, 1.165) is 46.7 Å². The third-order valence-electron chi connectivity index (χ3n) is 4.51. The maximum Gasteiger partial charge on any atom is 0.238 e. The predicted molar refractivity (Wildman–Crippen MR) is 98.2 cm³/mol. The lowest BCUT2D eigenvalue weighted by Gasteiger charge is -2.22. The smallest absolute Gasteiger partial charge is 0.238 e. The van der Waals surface area contributed by atoms with E-state index in [2.05, 4.69) is 10.2 Å². The molecule has 1 saturated heterocycles. The number of fused-ring (bicyclic) bond motifs is 1. The van der Waals surface area contributed by atoms with Crippen LogP contribution >= 0.6 is 11.3 Å². The van der Waals surface area contributed by atoms with Gasteiger partial charge in [-0.25, -0.2) is 13.8 Å². The highest BCUT2D eigenvalue weighted by Crippen LogP contribution is 2.36. The fraction of sp³-hybridized carbons (Fsp3) is 0.263. The molecule has 4 rings (SSSR count). The second-order valence-corrected chi connectivity index (χ2v) is 7.39.